The van der Waals surface area contributed by atoms with Crippen LogP contribution in [0.2, 0.25) is 0 Å². The molecule has 20 heavy (non-hydrogen) atoms. The first-order valence-electron chi connectivity index (χ1n) is 6.08. The summed E-state index contributed by atoms with van der Waals surface area (Å²) in [5.74, 6) is -0.702. The van der Waals surface area contributed by atoms with E-state index in [9.17, 15) is 12.8 Å². The summed E-state index contributed by atoms with van der Waals surface area (Å²) < 4.78 is 39.4. The highest BCUT2D eigenvalue weighted by molar-refractivity contribution is 7.91. The van der Waals surface area contributed by atoms with E-state index in [1.54, 1.807) is 48.5 Å². The summed E-state index contributed by atoms with van der Waals surface area (Å²) in [5.41, 5.74) is 0. The molecule has 0 amide bonds. The minimum atomic E-state index is -3.84. The van der Waals surface area contributed by atoms with Crippen molar-refractivity contribution >= 4 is 20.6 Å². The largest absolute Gasteiger partial charge is 0.218 e. The molecule has 3 aromatic carbocycles. The number of benzene rings is 3. The first-order valence-corrected chi connectivity index (χ1v) is 7.56. The van der Waals surface area contributed by atoms with Gasteiger partial charge in [-0.15, -0.1) is 0 Å². The molecule has 3 rings (SSSR count). The number of sulfone groups is 1. The van der Waals surface area contributed by atoms with Crippen LogP contribution in [0.5, 0.6) is 0 Å². The van der Waals surface area contributed by atoms with E-state index >= 15 is 0 Å². The average molecular weight is 286 g/mol. The van der Waals surface area contributed by atoms with Crippen molar-refractivity contribution < 1.29 is 12.8 Å². The summed E-state index contributed by atoms with van der Waals surface area (Å²) >= 11 is 0. The molecule has 0 aliphatic rings. The minimum absolute atomic E-state index is 0.0918. The molecule has 0 aromatic heterocycles. The molecule has 0 bridgehead atoms. The zero-order valence-electron chi connectivity index (χ0n) is 10.5. The van der Waals surface area contributed by atoms with Crippen molar-refractivity contribution in [1.82, 2.24) is 0 Å². The number of hydrogen-bond donors (Lipinski definition) is 0. The van der Waals surface area contributed by atoms with Crippen molar-refractivity contribution in [2.24, 2.45) is 0 Å². The van der Waals surface area contributed by atoms with Gasteiger partial charge >= 0.3 is 0 Å². The van der Waals surface area contributed by atoms with E-state index in [0.29, 0.717) is 10.8 Å². The van der Waals surface area contributed by atoms with Crippen LogP contribution < -0.4 is 0 Å². The summed E-state index contributed by atoms with van der Waals surface area (Å²) in [5, 5.41) is 0.988. The lowest BCUT2D eigenvalue weighted by molar-refractivity contribution is 0.572. The molecular formula is C16H11FO2S. The molecule has 0 heterocycles. The Balaban J connectivity index is 2.28. The minimum Gasteiger partial charge on any atom is -0.218 e. The van der Waals surface area contributed by atoms with Gasteiger partial charge in [-0.25, -0.2) is 12.8 Å². The van der Waals surface area contributed by atoms with E-state index in [2.05, 4.69) is 0 Å². The Labute approximate surface area is 116 Å². The SMILES string of the molecule is O=S(=O)(c1ccccc1)c1ccc2ccccc2c1F. The lowest BCUT2D eigenvalue weighted by Gasteiger charge is -2.08. The van der Waals surface area contributed by atoms with Crippen LogP contribution in [0.4, 0.5) is 4.39 Å². The summed E-state index contributed by atoms with van der Waals surface area (Å²) in [6, 6.07) is 17.6. The van der Waals surface area contributed by atoms with Crippen LogP contribution in [0, 0.1) is 5.82 Å². The van der Waals surface area contributed by atoms with Gasteiger partial charge in [0.2, 0.25) is 9.84 Å². The Morgan fingerprint density at radius 2 is 1.40 bits per heavy atom. The molecule has 0 saturated carbocycles. The number of hydrogen-bond acceptors (Lipinski definition) is 2. The van der Waals surface area contributed by atoms with Crippen LogP contribution in [0.25, 0.3) is 10.8 Å². The quantitative estimate of drug-likeness (QED) is 0.718. The van der Waals surface area contributed by atoms with Crippen LogP contribution in [-0.2, 0) is 9.84 Å². The highest BCUT2D eigenvalue weighted by Crippen LogP contribution is 2.28. The van der Waals surface area contributed by atoms with Crippen LogP contribution in [0.1, 0.15) is 0 Å². The Hall–Kier alpha value is -2.20. The second-order valence-corrected chi connectivity index (χ2v) is 6.33. The predicted molar refractivity (Wildman–Crippen MR) is 75.8 cm³/mol. The van der Waals surface area contributed by atoms with Crippen molar-refractivity contribution in [3.05, 3.63) is 72.5 Å². The predicted octanol–water partition coefficient (Wildman–Crippen LogP) is 3.81. The molecule has 0 unspecified atom stereocenters. The molecule has 0 spiro atoms. The molecule has 3 aromatic rings. The van der Waals surface area contributed by atoms with Crippen LogP contribution in [-0.4, -0.2) is 8.42 Å². The van der Waals surface area contributed by atoms with E-state index in [4.69, 9.17) is 0 Å². The summed E-state index contributed by atoms with van der Waals surface area (Å²) in [6.45, 7) is 0. The maximum absolute atomic E-state index is 14.5. The number of rotatable bonds is 2. The van der Waals surface area contributed by atoms with E-state index < -0.39 is 15.7 Å². The van der Waals surface area contributed by atoms with E-state index in [-0.39, 0.29) is 9.79 Å². The first kappa shape index (κ1) is 12.8. The highest BCUT2D eigenvalue weighted by Gasteiger charge is 2.22. The Bertz CT molecular complexity index is 871. The van der Waals surface area contributed by atoms with Gasteiger partial charge < -0.3 is 0 Å². The average Bonchev–Trinajstić information content (AvgIpc) is 2.48. The van der Waals surface area contributed by atoms with Gasteiger partial charge in [-0.1, -0.05) is 48.5 Å². The lowest BCUT2D eigenvalue weighted by Crippen LogP contribution is -2.04. The third-order valence-corrected chi connectivity index (χ3v) is 4.96. The molecule has 0 N–H and O–H groups in total. The fraction of sp³-hybridized carbons (Fsp3) is 0. The molecule has 0 saturated heterocycles. The Morgan fingerprint density at radius 1 is 0.750 bits per heavy atom. The molecule has 2 nitrogen and oxygen atoms in total. The lowest BCUT2D eigenvalue weighted by atomic mass is 10.1. The monoisotopic (exact) mass is 286 g/mol. The fourth-order valence-corrected chi connectivity index (χ4v) is 3.51. The van der Waals surface area contributed by atoms with Gasteiger partial charge in [0.25, 0.3) is 0 Å². The van der Waals surface area contributed by atoms with Gasteiger partial charge in [0.1, 0.15) is 10.7 Å². The molecule has 0 aliphatic carbocycles. The maximum atomic E-state index is 14.5. The smallest absolute Gasteiger partial charge is 0.209 e. The van der Waals surface area contributed by atoms with Gasteiger partial charge in [0.05, 0.1) is 4.90 Å². The Morgan fingerprint density at radius 3 is 2.15 bits per heavy atom. The molecule has 0 aliphatic heterocycles. The van der Waals surface area contributed by atoms with E-state index in [0.717, 1.165) is 0 Å². The van der Waals surface area contributed by atoms with Crippen LogP contribution in [0.15, 0.2) is 76.5 Å². The summed E-state index contributed by atoms with van der Waals surface area (Å²) in [4.78, 5) is -0.198. The van der Waals surface area contributed by atoms with Crippen LogP contribution in [0.3, 0.4) is 0 Å². The highest BCUT2D eigenvalue weighted by atomic mass is 32.2. The van der Waals surface area contributed by atoms with Gasteiger partial charge in [0.15, 0.2) is 0 Å². The van der Waals surface area contributed by atoms with Crippen LogP contribution >= 0.6 is 0 Å². The second kappa shape index (κ2) is 4.72. The summed E-state index contributed by atoms with van der Waals surface area (Å²) in [7, 11) is -3.84. The second-order valence-electron chi connectivity index (χ2n) is 4.42. The van der Waals surface area contributed by atoms with Crippen molar-refractivity contribution in [3.63, 3.8) is 0 Å². The van der Waals surface area contributed by atoms with Gasteiger partial charge in [-0.3, -0.25) is 0 Å². The van der Waals surface area contributed by atoms with Gasteiger partial charge in [-0.2, -0.15) is 0 Å². The van der Waals surface area contributed by atoms with Gasteiger partial charge in [-0.05, 0) is 23.6 Å². The molecule has 0 radical (unpaired) electrons. The topological polar surface area (TPSA) is 34.1 Å². The Kier molecular flexibility index (Phi) is 3.03. The normalized spacial score (nSPS) is 11.7. The molecule has 0 fully saturated rings. The van der Waals surface area contributed by atoms with Crippen molar-refractivity contribution in [2.45, 2.75) is 9.79 Å². The summed E-state index contributed by atoms with van der Waals surface area (Å²) in [6.07, 6.45) is 0. The third kappa shape index (κ3) is 1.98. The zero-order valence-corrected chi connectivity index (χ0v) is 11.3. The first-order chi connectivity index (χ1) is 9.60. The molecular weight excluding hydrogens is 275 g/mol. The maximum Gasteiger partial charge on any atom is 0.209 e. The number of halogens is 1. The van der Waals surface area contributed by atoms with Crippen molar-refractivity contribution in [3.8, 4) is 0 Å². The van der Waals surface area contributed by atoms with Gasteiger partial charge in [0, 0.05) is 5.39 Å². The molecule has 0 atom stereocenters. The molecule has 4 heteroatoms. The van der Waals surface area contributed by atoms with Crippen molar-refractivity contribution in [2.75, 3.05) is 0 Å². The number of fused-ring (bicyclic) bond motifs is 1. The zero-order chi connectivity index (χ0) is 14.2. The third-order valence-electron chi connectivity index (χ3n) is 3.17. The molecule has 100 valence electrons. The fourth-order valence-electron chi connectivity index (χ4n) is 2.15. The standard InChI is InChI=1S/C16H11FO2S/c17-16-14-9-5-4-6-12(14)10-11-15(16)20(18,19)13-7-2-1-3-8-13/h1-11H. The van der Waals surface area contributed by atoms with E-state index in [1.165, 1.54) is 18.2 Å². The van der Waals surface area contributed by atoms with E-state index in [1.807, 2.05) is 0 Å². The van der Waals surface area contributed by atoms with Crippen molar-refractivity contribution in [1.29, 1.82) is 0 Å².